The molecule has 0 heterocycles. The highest BCUT2D eigenvalue weighted by molar-refractivity contribution is 5.30. The number of hydrogen-bond donors (Lipinski definition) is 0. The molecule has 15 heavy (non-hydrogen) atoms. The Balaban J connectivity index is 2.66. The predicted molar refractivity (Wildman–Crippen MR) is 51.8 cm³/mol. The van der Waals surface area contributed by atoms with Gasteiger partial charge in [0.25, 0.3) is 0 Å². The molecule has 0 atom stereocenters. The number of rotatable bonds is 4. The van der Waals surface area contributed by atoms with Crippen LogP contribution in [0.3, 0.4) is 0 Å². The molecule has 0 radical (unpaired) electrons. The van der Waals surface area contributed by atoms with E-state index in [9.17, 15) is 13.2 Å². The van der Waals surface area contributed by atoms with Gasteiger partial charge in [0.05, 0.1) is 12.2 Å². The lowest BCUT2D eigenvalue weighted by molar-refractivity contribution is -0.137. The molecular formula is C11H13F3O. The maximum Gasteiger partial charge on any atom is 0.416 e. The van der Waals surface area contributed by atoms with Crippen LogP contribution in [0.4, 0.5) is 13.2 Å². The van der Waals surface area contributed by atoms with Crippen molar-refractivity contribution in [1.29, 1.82) is 0 Å². The molecule has 0 N–H and O–H groups in total. The Hall–Kier alpha value is -1.19. The van der Waals surface area contributed by atoms with Gasteiger partial charge < -0.3 is 4.74 Å². The second-order valence-electron chi connectivity index (χ2n) is 3.23. The van der Waals surface area contributed by atoms with E-state index in [0.29, 0.717) is 6.61 Å². The summed E-state index contributed by atoms with van der Waals surface area (Å²) in [5.74, 6) is 0.276. The minimum absolute atomic E-state index is 0.276. The number of halogens is 3. The molecule has 84 valence electrons. The van der Waals surface area contributed by atoms with Crippen LogP contribution in [-0.2, 0) is 6.18 Å². The van der Waals surface area contributed by atoms with Crippen LogP contribution in [0.2, 0.25) is 0 Å². The molecule has 1 aromatic rings. The molecule has 1 rings (SSSR count). The monoisotopic (exact) mass is 218 g/mol. The standard InChI is InChI=1S/C11H13F3O/c1-2-3-7-15-10-6-4-5-9(8-10)11(12,13)14/h4-6,8H,2-3,7H2,1H3. The quantitative estimate of drug-likeness (QED) is 0.697. The van der Waals surface area contributed by atoms with Gasteiger partial charge in [-0.25, -0.2) is 0 Å². The van der Waals surface area contributed by atoms with Gasteiger partial charge in [0.1, 0.15) is 5.75 Å². The molecule has 0 amide bonds. The van der Waals surface area contributed by atoms with Gasteiger partial charge in [-0.15, -0.1) is 0 Å². The summed E-state index contributed by atoms with van der Waals surface area (Å²) in [5.41, 5.74) is -0.670. The number of ether oxygens (including phenoxy) is 1. The van der Waals surface area contributed by atoms with E-state index >= 15 is 0 Å². The Morgan fingerprint density at radius 1 is 1.27 bits per heavy atom. The lowest BCUT2D eigenvalue weighted by atomic mass is 10.2. The maximum atomic E-state index is 12.3. The molecule has 0 bridgehead atoms. The van der Waals surface area contributed by atoms with E-state index in [-0.39, 0.29) is 5.75 Å². The van der Waals surface area contributed by atoms with Crippen LogP contribution in [0.5, 0.6) is 5.75 Å². The first-order valence-electron chi connectivity index (χ1n) is 4.84. The fourth-order valence-corrected chi connectivity index (χ4v) is 1.10. The smallest absolute Gasteiger partial charge is 0.416 e. The van der Waals surface area contributed by atoms with Crippen LogP contribution in [-0.4, -0.2) is 6.61 Å². The number of unbranched alkanes of at least 4 members (excludes halogenated alkanes) is 1. The Bertz CT molecular complexity index is 307. The Kier molecular flexibility index (Phi) is 4.00. The Labute approximate surface area is 86.9 Å². The van der Waals surface area contributed by atoms with Gasteiger partial charge >= 0.3 is 6.18 Å². The zero-order chi connectivity index (χ0) is 11.3. The van der Waals surface area contributed by atoms with Crippen LogP contribution < -0.4 is 4.74 Å². The zero-order valence-corrected chi connectivity index (χ0v) is 8.47. The van der Waals surface area contributed by atoms with Crippen molar-refractivity contribution in [3.05, 3.63) is 29.8 Å². The van der Waals surface area contributed by atoms with Crippen molar-refractivity contribution in [2.45, 2.75) is 25.9 Å². The van der Waals surface area contributed by atoms with E-state index in [1.807, 2.05) is 6.92 Å². The molecule has 1 nitrogen and oxygen atoms in total. The highest BCUT2D eigenvalue weighted by Gasteiger charge is 2.30. The molecule has 0 aliphatic carbocycles. The van der Waals surface area contributed by atoms with Crippen molar-refractivity contribution < 1.29 is 17.9 Å². The van der Waals surface area contributed by atoms with Gasteiger partial charge in [0, 0.05) is 0 Å². The molecule has 4 heteroatoms. The van der Waals surface area contributed by atoms with E-state index in [2.05, 4.69) is 0 Å². The van der Waals surface area contributed by atoms with Crippen molar-refractivity contribution in [1.82, 2.24) is 0 Å². The largest absolute Gasteiger partial charge is 0.494 e. The fraction of sp³-hybridized carbons (Fsp3) is 0.455. The second kappa shape index (κ2) is 5.05. The number of alkyl halides is 3. The number of hydrogen-bond acceptors (Lipinski definition) is 1. The van der Waals surface area contributed by atoms with E-state index in [0.717, 1.165) is 25.0 Å². The third-order valence-electron chi connectivity index (χ3n) is 1.93. The highest BCUT2D eigenvalue weighted by atomic mass is 19.4. The number of benzene rings is 1. The molecule has 0 aliphatic heterocycles. The second-order valence-corrected chi connectivity index (χ2v) is 3.23. The summed E-state index contributed by atoms with van der Waals surface area (Å²) >= 11 is 0. The minimum atomic E-state index is -4.30. The summed E-state index contributed by atoms with van der Waals surface area (Å²) < 4.78 is 42.1. The third kappa shape index (κ3) is 3.81. The van der Waals surface area contributed by atoms with E-state index in [4.69, 9.17) is 4.74 Å². The maximum absolute atomic E-state index is 12.3. The Morgan fingerprint density at radius 2 is 2.00 bits per heavy atom. The van der Waals surface area contributed by atoms with Crippen molar-refractivity contribution in [3.63, 3.8) is 0 Å². The van der Waals surface area contributed by atoms with Crippen LogP contribution >= 0.6 is 0 Å². The molecular weight excluding hydrogens is 205 g/mol. The van der Waals surface area contributed by atoms with Gasteiger partial charge in [-0.1, -0.05) is 19.4 Å². The van der Waals surface area contributed by atoms with Gasteiger partial charge in [-0.2, -0.15) is 13.2 Å². The topological polar surface area (TPSA) is 9.23 Å². The molecule has 0 unspecified atom stereocenters. The van der Waals surface area contributed by atoms with E-state index in [1.54, 1.807) is 0 Å². The molecule has 0 aromatic heterocycles. The van der Waals surface area contributed by atoms with Gasteiger partial charge in [0.2, 0.25) is 0 Å². The van der Waals surface area contributed by atoms with E-state index < -0.39 is 11.7 Å². The van der Waals surface area contributed by atoms with Crippen LogP contribution in [0.15, 0.2) is 24.3 Å². The summed E-state index contributed by atoms with van der Waals surface area (Å²) in [7, 11) is 0. The molecule has 0 fully saturated rings. The zero-order valence-electron chi connectivity index (χ0n) is 8.47. The first-order valence-corrected chi connectivity index (χ1v) is 4.84. The summed E-state index contributed by atoms with van der Waals surface area (Å²) in [6, 6.07) is 4.94. The lowest BCUT2D eigenvalue weighted by Crippen LogP contribution is -2.05. The van der Waals surface area contributed by atoms with Gasteiger partial charge in [-0.3, -0.25) is 0 Å². The minimum Gasteiger partial charge on any atom is -0.494 e. The van der Waals surface area contributed by atoms with Crippen molar-refractivity contribution in [2.75, 3.05) is 6.61 Å². The molecule has 1 aromatic carbocycles. The van der Waals surface area contributed by atoms with Crippen LogP contribution in [0.25, 0.3) is 0 Å². The van der Waals surface area contributed by atoms with Crippen molar-refractivity contribution >= 4 is 0 Å². The lowest BCUT2D eigenvalue weighted by Gasteiger charge is -2.09. The third-order valence-corrected chi connectivity index (χ3v) is 1.93. The van der Waals surface area contributed by atoms with Crippen molar-refractivity contribution in [3.8, 4) is 5.75 Å². The molecule has 0 saturated heterocycles. The summed E-state index contributed by atoms with van der Waals surface area (Å²) in [6.07, 6.45) is -2.50. The van der Waals surface area contributed by atoms with Crippen LogP contribution in [0, 0.1) is 0 Å². The summed E-state index contributed by atoms with van der Waals surface area (Å²) in [4.78, 5) is 0. The highest BCUT2D eigenvalue weighted by Crippen LogP contribution is 2.31. The predicted octanol–water partition coefficient (Wildman–Crippen LogP) is 3.88. The SMILES string of the molecule is CCCCOc1cccc(C(F)(F)F)c1. The summed E-state index contributed by atoms with van der Waals surface area (Å²) in [6.45, 7) is 2.45. The van der Waals surface area contributed by atoms with Crippen LogP contribution in [0.1, 0.15) is 25.3 Å². The molecule has 0 spiro atoms. The first kappa shape index (κ1) is 11.9. The fourth-order valence-electron chi connectivity index (χ4n) is 1.10. The summed E-state index contributed by atoms with van der Waals surface area (Å²) in [5, 5.41) is 0. The normalized spacial score (nSPS) is 11.5. The van der Waals surface area contributed by atoms with Gasteiger partial charge in [0.15, 0.2) is 0 Å². The molecule has 0 aliphatic rings. The van der Waals surface area contributed by atoms with Gasteiger partial charge in [-0.05, 0) is 24.6 Å². The average Bonchev–Trinajstić information content (AvgIpc) is 2.17. The Morgan fingerprint density at radius 3 is 2.60 bits per heavy atom. The van der Waals surface area contributed by atoms with Crippen molar-refractivity contribution in [2.24, 2.45) is 0 Å². The first-order chi connectivity index (χ1) is 7.04. The average molecular weight is 218 g/mol. The van der Waals surface area contributed by atoms with E-state index in [1.165, 1.54) is 12.1 Å². The molecule has 0 saturated carbocycles.